The summed E-state index contributed by atoms with van der Waals surface area (Å²) in [6.07, 6.45) is 3.89. The molecule has 3 aromatic heterocycles. The molecule has 8 nitrogen and oxygen atoms in total. The lowest BCUT2D eigenvalue weighted by Gasteiger charge is -2.27. The van der Waals surface area contributed by atoms with Crippen LogP contribution in [0.25, 0.3) is 22.2 Å². The van der Waals surface area contributed by atoms with E-state index in [1.807, 2.05) is 48.3 Å². The van der Waals surface area contributed by atoms with Crippen molar-refractivity contribution in [1.82, 2.24) is 34.9 Å². The van der Waals surface area contributed by atoms with Crippen LogP contribution in [-0.4, -0.2) is 55.8 Å². The first-order valence-corrected chi connectivity index (χ1v) is 11.2. The fourth-order valence-corrected chi connectivity index (χ4v) is 4.28. The van der Waals surface area contributed by atoms with Gasteiger partial charge in [0.05, 0.1) is 11.7 Å². The lowest BCUT2D eigenvalue weighted by Crippen LogP contribution is -2.42. The van der Waals surface area contributed by atoms with Crippen molar-refractivity contribution in [1.29, 1.82) is 0 Å². The van der Waals surface area contributed by atoms with Gasteiger partial charge in [-0.3, -0.25) is 9.58 Å². The third kappa shape index (κ3) is 4.55. The van der Waals surface area contributed by atoms with Gasteiger partial charge in [-0.15, -0.1) is 0 Å². The van der Waals surface area contributed by atoms with Gasteiger partial charge in [0, 0.05) is 62.6 Å². The molecule has 4 heterocycles. The molecule has 4 aromatic rings. The SMILES string of the molecule is CCc1c2cc(-c3nc(Nc4ccc(CN5CCNCC5)cn4)ncc3F)ccc2nn1C. The van der Waals surface area contributed by atoms with Crippen LogP contribution in [0.4, 0.5) is 16.2 Å². The predicted octanol–water partition coefficient (Wildman–Crippen LogP) is 3.28. The highest BCUT2D eigenvalue weighted by Crippen LogP contribution is 2.28. The Balaban J connectivity index is 1.36. The van der Waals surface area contributed by atoms with Crippen LogP contribution in [0.2, 0.25) is 0 Å². The Kier molecular flexibility index (Phi) is 5.97. The van der Waals surface area contributed by atoms with Crippen LogP contribution in [-0.2, 0) is 20.0 Å². The summed E-state index contributed by atoms with van der Waals surface area (Å²) in [7, 11) is 1.92. The van der Waals surface area contributed by atoms with E-state index in [0.717, 1.165) is 61.3 Å². The third-order valence-corrected chi connectivity index (χ3v) is 5.99. The fraction of sp³-hybridized carbons (Fsp3) is 0.333. The highest BCUT2D eigenvalue weighted by atomic mass is 19.1. The Morgan fingerprint density at radius 3 is 2.70 bits per heavy atom. The smallest absolute Gasteiger partial charge is 0.229 e. The first-order chi connectivity index (χ1) is 16.1. The summed E-state index contributed by atoms with van der Waals surface area (Å²) >= 11 is 0. The number of nitrogens with one attached hydrogen (secondary N) is 2. The van der Waals surface area contributed by atoms with Gasteiger partial charge >= 0.3 is 0 Å². The van der Waals surface area contributed by atoms with E-state index in [1.165, 1.54) is 6.20 Å². The molecule has 33 heavy (non-hydrogen) atoms. The number of fused-ring (bicyclic) bond motifs is 1. The number of piperazine rings is 1. The number of hydrogen-bond acceptors (Lipinski definition) is 7. The lowest BCUT2D eigenvalue weighted by molar-refractivity contribution is 0.233. The van der Waals surface area contributed by atoms with E-state index in [0.29, 0.717) is 17.3 Å². The average Bonchev–Trinajstić information content (AvgIpc) is 3.16. The Hall–Kier alpha value is -3.43. The van der Waals surface area contributed by atoms with E-state index in [1.54, 1.807) is 0 Å². The molecule has 0 saturated carbocycles. The molecule has 170 valence electrons. The number of halogens is 1. The molecule has 0 amide bonds. The van der Waals surface area contributed by atoms with Crippen LogP contribution in [0.1, 0.15) is 18.2 Å². The molecule has 1 fully saturated rings. The Bertz CT molecular complexity index is 1260. The Morgan fingerprint density at radius 2 is 1.94 bits per heavy atom. The van der Waals surface area contributed by atoms with Crippen LogP contribution >= 0.6 is 0 Å². The van der Waals surface area contributed by atoms with Gasteiger partial charge in [0.2, 0.25) is 5.95 Å². The maximum absolute atomic E-state index is 14.7. The minimum atomic E-state index is -0.471. The quantitative estimate of drug-likeness (QED) is 0.470. The summed E-state index contributed by atoms with van der Waals surface area (Å²) in [6.45, 7) is 7.07. The maximum atomic E-state index is 14.7. The van der Waals surface area contributed by atoms with Gasteiger partial charge in [-0.2, -0.15) is 5.10 Å². The highest BCUT2D eigenvalue weighted by molar-refractivity contribution is 5.86. The van der Waals surface area contributed by atoms with Crippen molar-refractivity contribution in [3.63, 3.8) is 0 Å². The molecule has 9 heteroatoms. The molecule has 2 N–H and O–H groups in total. The molecule has 0 bridgehead atoms. The molecule has 1 aromatic carbocycles. The van der Waals surface area contributed by atoms with Crippen molar-refractivity contribution in [2.45, 2.75) is 19.9 Å². The third-order valence-electron chi connectivity index (χ3n) is 5.99. The fourth-order valence-electron chi connectivity index (χ4n) is 4.28. The van der Waals surface area contributed by atoms with Crippen molar-refractivity contribution in [2.75, 3.05) is 31.5 Å². The zero-order valence-electron chi connectivity index (χ0n) is 18.8. The van der Waals surface area contributed by atoms with Crippen LogP contribution in [0, 0.1) is 5.82 Å². The summed E-state index contributed by atoms with van der Waals surface area (Å²) in [6, 6.07) is 9.63. The van der Waals surface area contributed by atoms with Crippen molar-refractivity contribution in [3.8, 4) is 11.3 Å². The number of aryl methyl sites for hydroxylation is 2. The highest BCUT2D eigenvalue weighted by Gasteiger charge is 2.14. The van der Waals surface area contributed by atoms with Crippen molar-refractivity contribution >= 4 is 22.7 Å². The molecule has 1 aliphatic rings. The van der Waals surface area contributed by atoms with Crippen LogP contribution in [0.15, 0.2) is 42.7 Å². The largest absolute Gasteiger partial charge is 0.314 e. The first-order valence-electron chi connectivity index (χ1n) is 11.2. The lowest BCUT2D eigenvalue weighted by atomic mass is 10.1. The van der Waals surface area contributed by atoms with Crippen molar-refractivity contribution in [2.24, 2.45) is 7.05 Å². The number of anilines is 2. The molecule has 0 spiro atoms. The van der Waals surface area contributed by atoms with E-state index in [-0.39, 0.29) is 5.69 Å². The topological polar surface area (TPSA) is 83.8 Å². The average molecular weight is 447 g/mol. The number of nitrogens with zero attached hydrogens (tertiary/aromatic N) is 6. The molecule has 0 aliphatic carbocycles. The zero-order chi connectivity index (χ0) is 22.8. The predicted molar refractivity (Wildman–Crippen MR) is 127 cm³/mol. The summed E-state index contributed by atoms with van der Waals surface area (Å²) < 4.78 is 16.5. The van der Waals surface area contributed by atoms with Gasteiger partial charge < -0.3 is 10.6 Å². The van der Waals surface area contributed by atoms with Gasteiger partial charge in [0.1, 0.15) is 11.5 Å². The number of pyridine rings is 1. The summed E-state index contributed by atoms with van der Waals surface area (Å²) in [5.74, 6) is 0.449. The summed E-state index contributed by atoms with van der Waals surface area (Å²) in [5, 5.41) is 12.0. The Morgan fingerprint density at radius 1 is 1.09 bits per heavy atom. The standard InChI is InChI=1S/C24H27FN8/c1-3-21-18-12-17(5-6-20(18)31-32(21)2)23-19(25)14-28-24(30-23)29-22-7-4-16(13-27-22)15-33-10-8-26-9-11-33/h4-7,12-14,26H,3,8-11,15H2,1-2H3,(H,27,28,29,30). The van der Waals surface area contributed by atoms with E-state index >= 15 is 0 Å². The van der Waals surface area contributed by atoms with E-state index < -0.39 is 5.82 Å². The van der Waals surface area contributed by atoms with Crippen molar-refractivity contribution in [3.05, 3.63) is 59.8 Å². The zero-order valence-corrected chi connectivity index (χ0v) is 18.8. The molecule has 0 unspecified atom stereocenters. The van der Waals surface area contributed by atoms with Crippen LogP contribution < -0.4 is 10.6 Å². The Labute approximate surface area is 191 Å². The molecular weight excluding hydrogens is 419 g/mol. The second-order valence-corrected chi connectivity index (χ2v) is 8.25. The van der Waals surface area contributed by atoms with E-state index in [4.69, 9.17) is 0 Å². The second-order valence-electron chi connectivity index (χ2n) is 8.25. The van der Waals surface area contributed by atoms with Crippen LogP contribution in [0.3, 0.4) is 0 Å². The number of aromatic nitrogens is 5. The van der Waals surface area contributed by atoms with Gasteiger partial charge in [-0.05, 0) is 30.2 Å². The molecule has 1 saturated heterocycles. The van der Waals surface area contributed by atoms with Gasteiger partial charge in [-0.1, -0.05) is 19.1 Å². The second kappa shape index (κ2) is 9.21. The minimum Gasteiger partial charge on any atom is -0.314 e. The summed E-state index contributed by atoms with van der Waals surface area (Å²) in [4.78, 5) is 15.4. The molecule has 0 radical (unpaired) electrons. The maximum Gasteiger partial charge on any atom is 0.229 e. The summed E-state index contributed by atoms with van der Waals surface area (Å²) in [5.41, 5.74) is 4.07. The van der Waals surface area contributed by atoms with Crippen LogP contribution in [0.5, 0.6) is 0 Å². The molecule has 5 rings (SSSR count). The van der Waals surface area contributed by atoms with Crippen molar-refractivity contribution < 1.29 is 4.39 Å². The minimum absolute atomic E-state index is 0.246. The van der Waals surface area contributed by atoms with E-state index in [2.05, 4.69) is 42.5 Å². The molecular formula is C24H27FN8. The number of rotatable bonds is 6. The monoisotopic (exact) mass is 446 g/mol. The molecule has 0 atom stereocenters. The van der Waals surface area contributed by atoms with Gasteiger partial charge in [-0.25, -0.2) is 19.3 Å². The van der Waals surface area contributed by atoms with E-state index in [9.17, 15) is 4.39 Å². The van der Waals surface area contributed by atoms with Gasteiger partial charge in [0.25, 0.3) is 0 Å². The number of benzene rings is 1. The number of hydrogen-bond donors (Lipinski definition) is 2. The molecule has 1 aliphatic heterocycles. The van der Waals surface area contributed by atoms with Gasteiger partial charge in [0.15, 0.2) is 5.82 Å². The first kappa shape index (κ1) is 21.4. The normalized spacial score (nSPS) is 14.6.